The Hall–Kier alpha value is -1.02. The van der Waals surface area contributed by atoms with Crippen LogP contribution >= 0.6 is 0 Å². The Bertz CT molecular complexity index is 411. The Labute approximate surface area is 118 Å². The van der Waals surface area contributed by atoms with Crippen LogP contribution in [-0.2, 0) is 6.42 Å². The van der Waals surface area contributed by atoms with Gasteiger partial charge in [-0.25, -0.2) is 0 Å². The fourth-order valence-electron chi connectivity index (χ4n) is 3.26. The van der Waals surface area contributed by atoms with Crippen LogP contribution in [0.1, 0.15) is 45.6 Å². The second kappa shape index (κ2) is 5.96. The fraction of sp³-hybridized carbons (Fsp3) is 0.647. The maximum Gasteiger partial charge on any atom is 0.0403 e. The van der Waals surface area contributed by atoms with E-state index in [2.05, 4.69) is 49.9 Å². The summed E-state index contributed by atoms with van der Waals surface area (Å²) in [5.41, 5.74) is 8.90. The Morgan fingerprint density at radius 2 is 2.05 bits per heavy atom. The van der Waals surface area contributed by atoms with Crippen LogP contribution in [0.15, 0.2) is 24.3 Å². The molecule has 0 bridgehead atoms. The Kier molecular flexibility index (Phi) is 4.51. The van der Waals surface area contributed by atoms with E-state index in [1.54, 1.807) is 0 Å². The number of hydrogen-bond donors (Lipinski definition) is 1. The molecule has 1 saturated heterocycles. The highest BCUT2D eigenvalue weighted by Gasteiger charge is 2.34. The van der Waals surface area contributed by atoms with Gasteiger partial charge in [-0.2, -0.15) is 0 Å². The van der Waals surface area contributed by atoms with Crippen molar-refractivity contribution < 1.29 is 0 Å². The van der Waals surface area contributed by atoms with Crippen molar-refractivity contribution in [3.05, 3.63) is 29.8 Å². The first kappa shape index (κ1) is 14.4. The van der Waals surface area contributed by atoms with Crippen molar-refractivity contribution in [2.24, 2.45) is 11.7 Å². The van der Waals surface area contributed by atoms with E-state index in [0.717, 1.165) is 31.8 Å². The van der Waals surface area contributed by atoms with Gasteiger partial charge in [-0.1, -0.05) is 25.1 Å². The highest BCUT2D eigenvalue weighted by molar-refractivity contribution is 5.56. The number of piperidine rings is 1. The molecule has 1 fully saturated rings. The van der Waals surface area contributed by atoms with E-state index in [1.165, 1.54) is 24.1 Å². The van der Waals surface area contributed by atoms with E-state index >= 15 is 0 Å². The van der Waals surface area contributed by atoms with Crippen LogP contribution in [0, 0.1) is 5.92 Å². The average Bonchev–Trinajstić information content (AvgIpc) is 2.41. The lowest BCUT2D eigenvalue weighted by Crippen LogP contribution is -2.51. The topological polar surface area (TPSA) is 29.3 Å². The van der Waals surface area contributed by atoms with Gasteiger partial charge >= 0.3 is 0 Å². The van der Waals surface area contributed by atoms with Gasteiger partial charge in [0.1, 0.15) is 0 Å². The first-order chi connectivity index (χ1) is 9.08. The van der Waals surface area contributed by atoms with E-state index in [4.69, 9.17) is 5.73 Å². The standard InChI is InChI=1S/C17H28N2/c1-4-15-7-5-6-8-16(15)19-13-14(10-12-18)9-11-17(19,2)3/h5-8,14H,4,9-13,18H2,1-3H3. The van der Waals surface area contributed by atoms with Crippen LogP contribution in [0.3, 0.4) is 0 Å². The third kappa shape index (κ3) is 3.11. The summed E-state index contributed by atoms with van der Waals surface area (Å²) in [7, 11) is 0. The average molecular weight is 260 g/mol. The molecule has 1 aromatic rings. The molecule has 0 radical (unpaired) electrons. The number of anilines is 1. The monoisotopic (exact) mass is 260 g/mol. The molecular formula is C17H28N2. The SMILES string of the molecule is CCc1ccccc1N1CC(CCN)CCC1(C)C. The molecule has 0 aromatic heterocycles. The van der Waals surface area contributed by atoms with Crippen LogP contribution in [-0.4, -0.2) is 18.6 Å². The number of rotatable bonds is 4. The van der Waals surface area contributed by atoms with Crippen LogP contribution in [0.2, 0.25) is 0 Å². The maximum absolute atomic E-state index is 5.75. The number of para-hydroxylation sites is 1. The highest BCUT2D eigenvalue weighted by atomic mass is 15.2. The Morgan fingerprint density at radius 1 is 1.32 bits per heavy atom. The van der Waals surface area contributed by atoms with Gasteiger partial charge in [0.2, 0.25) is 0 Å². The molecule has 1 aromatic carbocycles. The molecule has 2 rings (SSSR count). The first-order valence-electron chi connectivity index (χ1n) is 7.64. The Morgan fingerprint density at radius 3 is 2.74 bits per heavy atom. The number of benzene rings is 1. The maximum atomic E-state index is 5.75. The van der Waals surface area contributed by atoms with Crippen LogP contribution in [0.5, 0.6) is 0 Å². The van der Waals surface area contributed by atoms with Crippen molar-refractivity contribution in [1.82, 2.24) is 0 Å². The van der Waals surface area contributed by atoms with Crippen molar-refractivity contribution in [3.8, 4) is 0 Å². The lowest BCUT2D eigenvalue weighted by atomic mass is 9.82. The van der Waals surface area contributed by atoms with E-state index in [9.17, 15) is 0 Å². The molecule has 1 unspecified atom stereocenters. The molecule has 1 aliphatic rings. The minimum Gasteiger partial charge on any atom is -0.366 e. The largest absolute Gasteiger partial charge is 0.366 e. The molecule has 0 amide bonds. The summed E-state index contributed by atoms with van der Waals surface area (Å²) in [5, 5.41) is 0. The zero-order chi connectivity index (χ0) is 13.9. The molecule has 0 spiro atoms. The Balaban J connectivity index is 2.27. The molecule has 1 atom stereocenters. The summed E-state index contributed by atoms with van der Waals surface area (Å²) >= 11 is 0. The summed E-state index contributed by atoms with van der Waals surface area (Å²) in [4.78, 5) is 2.62. The summed E-state index contributed by atoms with van der Waals surface area (Å²) in [6.07, 6.45) is 4.83. The van der Waals surface area contributed by atoms with E-state index in [0.29, 0.717) is 0 Å². The lowest BCUT2D eigenvalue weighted by Gasteiger charge is -2.48. The first-order valence-corrected chi connectivity index (χ1v) is 7.64. The van der Waals surface area contributed by atoms with Crippen molar-refractivity contribution in [3.63, 3.8) is 0 Å². The van der Waals surface area contributed by atoms with Gasteiger partial charge in [0.15, 0.2) is 0 Å². The van der Waals surface area contributed by atoms with Gasteiger partial charge in [0.25, 0.3) is 0 Å². The smallest absolute Gasteiger partial charge is 0.0403 e. The number of aryl methyl sites for hydroxylation is 1. The van der Waals surface area contributed by atoms with Crippen LogP contribution < -0.4 is 10.6 Å². The third-order valence-electron chi connectivity index (χ3n) is 4.57. The van der Waals surface area contributed by atoms with Crippen molar-refractivity contribution in [2.75, 3.05) is 18.0 Å². The summed E-state index contributed by atoms with van der Waals surface area (Å²) < 4.78 is 0. The van der Waals surface area contributed by atoms with Gasteiger partial charge in [0.05, 0.1) is 0 Å². The van der Waals surface area contributed by atoms with Crippen molar-refractivity contribution in [2.45, 2.75) is 52.0 Å². The molecule has 1 heterocycles. The molecular weight excluding hydrogens is 232 g/mol. The predicted molar refractivity (Wildman–Crippen MR) is 83.6 cm³/mol. The zero-order valence-electron chi connectivity index (χ0n) is 12.7. The zero-order valence-corrected chi connectivity index (χ0v) is 12.7. The van der Waals surface area contributed by atoms with Crippen molar-refractivity contribution >= 4 is 5.69 Å². The number of hydrogen-bond acceptors (Lipinski definition) is 2. The second-order valence-electron chi connectivity index (χ2n) is 6.39. The fourth-order valence-corrected chi connectivity index (χ4v) is 3.26. The van der Waals surface area contributed by atoms with Gasteiger partial charge < -0.3 is 10.6 Å². The number of nitrogens with zero attached hydrogens (tertiary/aromatic N) is 1. The molecule has 0 aliphatic carbocycles. The van der Waals surface area contributed by atoms with E-state index in [1.807, 2.05) is 0 Å². The molecule has 0 saturated carbocycles. The predicted octanol–water partition coefficient (Wildman–Crippen LogP) is 3.59. The van der Waals surface area contributed by atoms with Crippen LogP contribution in [0.25, 0.3) is 0 Å². The van der Waals surface area contributed by atoms with E-state index in [-0.39, 0.29) is 5.54 Å². The summed E-state index contributed by atoms with van der Waals surface area (Å²) in [5.74, 6) is 0.753. The quantitative estimate of drug-likeness (QED) is 0.896. The summed E-state index contributed by atoms with van der Waals surface area (Å²) in [6, 6.07) is 8.86. The number of nitrogens with two attached hydrogens (primary N) is 1. The molecule has 106 valence electrons. The van der Waals surface area contributed by atoms with Gasteiger partial charge in [0, 0.05) is 17.8 Å². The van der Waals surface area contributed by atoms with Gasteiger partial charge in [-0.3, -0.25) is 0 Å². The second-order valence-corrected chi connectivity index (χ2v) is 6.39. The molecule has 1 aliphatic heterocycles. The minimum atomic E-state index is 0.260. The minimum absolute atomic E-state index is 0.260. The van der Waals surface area contributed by atoms with Crippen molar-refractivity contribution in [1.29, 1.82) is 0 Å². The van der Waals surface area contributed by atoms with E-state index < -0.39 is 0 Å². The lowest BCUT2D eigenvalue weighted by molar-refractivity contribution is 0.281. The molecule has 19 heavy (non-hydrogen) atoms. The normalized spacial score (nSPS) is 22.5. The summed E-state index contributed by atoms with van der Waals surface area (Å²) in [6.45, 7) is 8.96. The third-order valence-corrected chi connectivity index (χ3v) is 4.57. The molecule has 2 N–H and O–H groups in total. The molecule has 2 nitrogen and oxygen atoms in total. The van der Waals surface area contributed by atoms with Crippen LogP contribution in [0.4, 0.5) is 5.69 Å². The molecule has 2 heteroatoms. The van der Waals surface area contributed by atoms with Gasteiger partial charge in [-0.15, -0.1) is 0 Å². The highest BCUT2D eigenvalue weighted by Crippen LogP contribution is 2.37. The van der Waals surface area contributed by atoms with Gasteiger partial charge in [-0.05, 0) is 63.6 Å².